The topological polar surface area (TPSA) is 75.1 Å². The fourth-order valence-electron chi connectivity index (χ4n) is 2.16. The van der Waals surface area contributed by atoms with Gasteiger partial charge in [0, 0.05) is 6.54 Å². The monoisotopic (exact) mass is 274 g/mol. The van der Waals surface area contributed by atoms with Gasteiger partial charge in [-0.1, -0.05) is 43.7 Å². The minimum atomic E-state index is -0.586. The molecule has 1 aromatic carbocycles. The van der Waals surface area contributed by atoms with Gasteiger partial charge in [0.05, 0.1) is 0 Å². The number of aromatic amines is 1. The normalized spacial score (nSPS) is 11.0. The maximum atomic E-state index is 12.0. The predicted molar refractivity (Wildman–Crippen MR) is 78.0 cm³/mol. The van der Waals surface area contributed by atoms with E-state index in [0.717, 1.165) is 5.56 Å². The lowest BCUT2D eigenvalue weighted by atomic mass is 10.1. The van der Waals surface area contributed by atoms with Crippen LogP contribution in [0.15, 0.2) is 33.9 Å². The fourth-order valence-corrected chi connectivity index (χ4v) is 2.16. The number of aryl methyl sites for hydroxylation is 1. The number of H-pyrrole nitrogens is 1. The van der Waals surface area contributed by atoms with Crippen LogP contribution in [0.25, 0.3) is 11.1 Å². The lowest BCUT2D eigenvalue weighted by Gasteiger charge is -2.13. The van der Waals surface area contributed by atoms with Crippen LogP contribution in [0.4, 0.5) is 0 Å². The second-order valence-electron chi connectivity index (χ2n) is 5.33. The van der Waals surface area contributed by atoms with Crippen molar-refractivity contribution in [2.24, 2.45) is 5.92 Å². The van der Waals surface area contributed by atoms with Gasteiger partial charge in [-0.05, 0) is 18.4 Å². The molecule has 2 rings (SSSR count). The average molecular weight is 274 g/mol. The highest BCUT2D eigenvalue weighted by molar-refractivity contribution is 5.67. The molecule has 0 aliphatic heterocycles. The number of aromatic hydroxyl groups is 1. The molecule has 1 aromatic heterocycles. The van der Waals surface area contributed by atoms with Crippen molar-refractivity contribution >= 4 is 0 Å². The van der Waals surface area contributed by atoms with E-state index in [9.17, 15) is 14.7 Å². The first-order valence-corrected chi connectivity index (χ1v) is 6.53. The number of hydrogen-bond acceptors (Lipinski definition) is 3. The molecule has 0 spiro atoms. The maximum Gasteiger partial charge on any atom is 0.331 e. The Morgan fingerprint density at radius 3 is 2.60 bits per heavy atom. The Morgan fingerprint density at radius 2 is 2.00 bits per heavy atom. The summed E-state index contributed by atoms with van der Waals surface area (Å²) in [6.07, 6.45) is 0. The molecular weight excluding hydrogens is 256 g/mol. The van der Waals surface area contributed by atoms with Gasteiger partial charge >= 0.3 is 5.69 Å². The second kappa shape index (κ2) is 5.36. The number of benzene rings is 1. The quantitative estimate of drug-likeness (QED) is 0.897. The molecule has 0 atom stereocenters. The summed E-state index contributed by atoms with van der Waals surface area (Å²) < 4.78 is 1.20. The van der Waals surface area contributed by atoms with Crippen LogP contribution >= 0.6 is 0 Å². The zero-order chi connectivity index (χ0) is 14.9. The average Bonchev–Trinajstić information content (AvgIpc) is 2.34. The van der Waals surface area contributed by atoms with Crippen molar-refractivity contribution in [2.45, 2.75) is 27.3 Å². The third-order valence-electron chi connectivity index (χ3n) is 3.03. The summed E-state index contributed by atoms with van der Waals surface area (Å²) in [6.45, 7) is 6.12. The standard InChI is InChI=1S/C15H18N2O3/c1-9(2)8-17-14(19)12(13(18)16-15(17)20)11-6-4-5-10(3)7-11/h4-7,9,19H,8H2,1-3H3,(H,16,18,20). The molecule has 20 heavy (non-hydrogen) atoms. The van der Waals surface area contributed by atoms with Crippen molar-refractivity contribution in [3.63, 3.8) is 0 Å². The van der Waals surface area contributed by atoms with E-state index in [1.54, 1.807) is 18.2 Å². The Hall–Kier alpha value is -2.30. The van der Waals surface area contributed by atoms with Crippen LogP contribution in [0.3, 0.4) is 0 Å². The van der Waals surface area contributed by atoms with Crippen LogP contribution < -0.4 is 11.2 Å². The summed E-state index contributed by atoms with van der Waals surface area (Å²) in [5.41, 5.74) is 0.550. The summed E-state index contributed by atoms with van der Waals surface area (Å²) in [5, 5.41) is 10.3. The molecule has 0 amide bonds. The molecule has 0 bridgehead atoms. The highest BCUT2D eigenvalue weighted by Crippen LogP contribution is 2.25. The van der Waals surface area contributed by atoms with Crippen molar-refractivity contribution in [1.82, 2.24) is 9.55 Å². The van der Waals surface area contributed by atoms with Crippen LogP contribution in [0.5, 0.6) is 5.88 Å². The zero-order valence-electron chi connectivity index (χ0n) is 11.8. The van der Waals surface area contributed by atoms with Gasteiger partial charge in [0.2, 0.25) is 5.88 Å². The third-order valence-corrected chi connectivity index (χ3v) is 3.03. The van der Waals surface area contributed by atoms with Crippen LogP contribution in [0.1, 0.15) is 19.4 Å². The van der Waals surface area contributed by atoms with Crippen molar-refractivity contribution in [3.05, 3.63) is 50.7 Å². The largest absolute Gasteiger partial charge is 0.494 e. The Kier molecular flexibility index (Phi) is 3.79. The number of rotatable bonds is 3. The summed E-state index contributed by atoms with van der Waals surface area (Å²) in [6, 6.07) is 7.25. The molecule has 0 aliphatic rings. The number of nitrogens with zero attached hydrogens (tertiary/aromatic N) is 1. The Labute approximate surface area is 116 Å². The molecule has 0 saturated heterocycles. The third kappa shape index (κ3) is 2.66. The number of nitrogens with one attached hydrogen (secondary N) is 1. The lowest BCUT2D eigenvalue weighted by Crippen LogP contribution is -2.32. The lowest BCUT2D eigenvalue weighted by molar-refractivity contribution is 0.378. The van der Waals surface area contributed by atoms with Crippen molar-refractivity contribution in [3.8, 4) is 17.0 Å². The van der Waals surface area contributed by atoms with E-state index in [0.29, 0.717) is 12.1 Å². The van der Waals surface area contributed by atoms with E-state index >= 15 is 0 Å². The molecule has 0 unspecified atom stereocenters. The van der Waals surface area contributed by atoms with Gasteiger partial charge in [-0.25, -0.2) is 4.79 Å². The zero-order valence-corrected chi connectivity index (χ0v) is 11.8. The first-order chi connectivity index (χ1) is 9.40. The molecule has 2 aromatic rings. The van der Waals surface area contributed by atoms with Crippen LogP contribution in [0, 0.1) is 12.8 Å². The highest BCUT2D eigenvalue weighted by Gasteiger charge is 2.16. The van der Waals surface area contributed by atoms with E-state index in [2.05, 4.69) is 4.98 Å². The minimum Gasteiger partial charge on any atom is -0.494 e. The molecule has 106 valence electrons. The van der Waals surface area contributed by atoms with E-state index < -0.39 is 11.2 Å². The summed E-state index contributed by atoms with van der Waals surface area (Å²) in [4.78, 5) is 26.0. The molecule has 1 heterocycles. The van der Waals surface area contributed by atoms with Gasteiger partial charge in [0.25, 0.3) is 5.56 Å². The van der Waals surface area contributed by atoms with Gasteiger partial charge < -0.3 is 5.11 Å². The first kappa shape index (κ1) is 14.1. The second-order valence-corrected chi connectivity index (χ2v) is 5.33. The van der Waals surface area contributed by atoms with E-state index in [1.807, 2.05) is 26.8 Å². The molecule has 5 nitrogen and oxygen atoms in total. The molecule has 2 N–H and O–H groups in total. The Bertz CT molecular complexity index is 742. The van der Waals surface area contributed by atoms with Gasteiger partial charge in [0.15, 0.2) is 0 Å². The van der Waals surface area contributed by atoms with Gasteiger partial charge in [-0.3, -0.25) is 14.3 Å². The smallest absolute Gasteiger partial charge is 0.331 e. The van der Waals surface area contributed by atoms with Gasteiger partial charge in [-0.15, -0.1) is 0 Å². The number of aromatic nitrogens is 2. The van der Waals surface area contributed by atoms with Gasteiger partial charge in [-0.2, -0.15) is 0 Å². The summed E-state index contributed by atoms with van der Waals surface area (Å²) >= 11 is 0. The Balaban J connectivity index is 2.71. The maximum absolute atomic E-state index is 12.0. The van der Waals surface area contributed by atoms with E-state index in [4.69, 9.17) is 0 Å². The molecule has 0 fully saturated rings. The van der Waals surface area contributed by atoms with Crippen molar-refractivity contribution in [2.75, 3.05) is 0 Å². The first-order valence-electron chi connectivity index (χ1n) is 6.53. The van der Waals surface area contributed by atoms with E-state index in [-0.39, 0.29) is 17.4 Å². The summed E-state index contributed by atoms with van der Waals surface area (Å²) in [7, 11) is 0. The molecule has 5 heteroatoms. The van der Waals surface area contributed by atoms with Crippen LogP contribution in [-0.4, -0.2) is 14.7 Å². The van der Waals surface area contributed by atoms with Gasteiger partial charge in [0.1, 0.15) is 5.56 Å². The van der Waals surface area contributed by atoms with Crippen LogP contribution in [0.2, 0.25) is 0 Å². The number of hydrogen-bond donors (Lipinski definition) is 2. The fraction of sp³-hybridized carbons (Fsp3) is 0.333. The van der Waals surface area contributed by atoms with Crippen molar-refractivity contribution in [1.29, 1.82) is 0 Å². The van der Waals surface area contributed by atoms with Crippen molar-refractivity contribution < 1.29 is 5.11 Å². The van der Waals surface area contributed by atoms with Crippen LogP contribution in [-0.2, 0) is 6.54 Å². The highest BCUT2D eigenvalue weighted by atomic mass is 16.3. The minimum absolute atomic E-state index is 0.133. The molecule has 0 saturated carbocycles. The summed E-state index contributed by atoms with van der Waals surface area (Å²) in [5.74, 6) is -0.104. The molecular formula is C15H18N2O3. The SMILES string of the molecule is Cc1cccc(-c2c(O)n(CC(C)C)c(=O)[nH]c2=O)c1. The molecule has 0 radical (unpaired) electrons. The van der Waals surface area contributed by atoms with E-state index in [1.165, 1.54) is 4.57 Å². The Morgan fingerprint density at radius 1 is 1.30 bits per heavy atom. The predicted octanol–water partition coefficient (Wildman–Crippen LogP) is 1.87. The molecule has 0 aliphatic carbocycles.